The van der Waals surface area contributed by atoms with E-state index in [1.807, 2.05) is 0 Å². The fraction of sp³-hybridized carbons (Fsp3) is 0.500. The predicted molar refractivity (Wildman–Crippen MR) is 80.5 cm³/mol. The van der Waals surface area contributed by atoms with E-state index in [-0.39, 0.29) is 24.0 Å². The minimum Gasteiger partial charge on any atom is -0.330 e. The quantitative estimate of drug-likeness (QED) is 0.892. The normalized spacial score (nSPS) is 16.5. The fourth-order valence-electron chi connectivity index (χ4n) is 2.34. The van der Waals surface area contributed by atoms with E-state index in [0.29, 0.717) is 12.5 Å². The molecule has 1 saturated heterocycles. The fourth-order valence-corrected chi connectivity index (χ4v) is 2.34. The van der Waals surface area contributed by atoms with E-state index >= 15 is 0 Å². The standard InChI is InChI=1S/C14H20FN3O.ClH/c15-12-3-1-2-4-13(12)17-14(19)10-18-7-5-11(9-16)6-8-18;/h1-4,11H,5-10,16H2,(H,17,19);1H. The van der Waals surface area contributed by atoms with Gasteiger partial charge in [0.1, 0.15) is 5.82 Å². The molecular formula is C14H21ClFN3O. The summed E-state index contributed by atoms with van der Waals surface area (Å²) in [7, 11) is 0. The van der Waals surface area contributed by atoms with Gasteiger partial charge >= 0.3 is 0 Å². The monoisotopic (exact) mass is 301 g/mol. The molecular weight excluding hydrogens is 281 g/mol. The van der Waals surface area contributed by atoms with Gasteiger partial charge in [-0.3, -0.25) is 9.69 Å². The van der Waals surface area contributed by atoms with Gasteiger partial charge in [-0.15, -0.1) is 12.4 Å². The average molecular weight is 302 g/mol. The summed E-state index contributed by atoms with van der Waals surface area (Å²) in [6, 6.07) is 6.20. The maximum atomic E-state index is 13.4. The Morgan fingerprint density at radius 1 is 1.35 bits per heavy atom. The SMILES string of the molecule is Cl.NCC1CCN(CC(=O)Nc2ccccc2F)CC1. The zero-order chi connectivity index (χ0) is 13.7. The molecule has 1 aromatic carbocycles. The molecule has 1 heterocycles. The van der Waals surface area contributed by atoms with Crippen molar-refractivity contribution in [2.45, 2.75) is 12.8 Å². The topological polar surface area (TPSA) is 58.4 Å². The molecule has 6 heteroatoms. The maximum Gasteiger partial charge on any atom is 0.238 e. The van der Waals surface area contributed by atoms with E-state index in [0.717, 1.165) is 32.5 Å². The van der Waals surface area contributed by atoms with Crippen LogP contribution in [0.25, 0.3) is 0 Å². The molecule has 0 aromatic heterocycles. The molecule has 112 valence electrons. The van der Waals surface area contributed by atoms with Gasteiger partial charge in [0.15, 0.2) is 0 Å². The van der Waals surface area contributed by atoms with Gasteiger partial charge < -0.3 is 11.1 Å². The Morgan fingerprint density at radius 3 is 2.60 bits per heavy atom. The number of amides is 1. The molecule has 4 nitrogen and oxygen atoms in total. The molecule has 0 aliphatic carbocycles. The number of benzene rings is 1. The summed E-state index contributed by atoms with van der Waals surface area (Å²) < 4.78 is 13.4. The zero-order valence-electron chi connectivity index (χ0n) is 11.3. The number of nitrogens with two attached hydrogens (primary N) is 1. The second-order valence-electron chi connectivity index (χ2n) is 4.98. The van der Waals surface area contributed by atoms with Crippen LogP contribution in [0.15, 0.2) is 24.3 Å². The van der Waals surface area contributed by atoms with Crippen molar-refractivity contribution < 1.29 is 9.18 Å². The van der Waals surface area contributed by atoms with E-state index in [9.17, 15) is 9.18 Å². The van der Waals surface area contributed by atoms with Crippen molar-refractivity contribution in [3.8, 4) is 0 Å². The third-order valence-corrected chi connectivity index (χ3v) is 3.56. The van der Waals surface area contributed by atoms with Gasteiger partial charge in [-0.05, 0) is 50.5 Å². The number of nitrogens with zero attached hydrogens (tertiary/aromatic N) is 1. The van der Waals surface area contributed by atoms with Crippen molar-refractivity contribution in [1.82, 2.24) is 4.90 Å². The molecule has 0 radical (unpaired) electrons. The summed E-state index contributed by atoms with van der Waals surface area (Å²) in [5, 5.41) is 2.60. The Hall–Kier alpha value is -1.17. The van der Waals surface area contributed by atoms with Crippen LogP contribution < -0.4 is 11.1 Å². The molecule has 0 saturated carbocycles. The van der Waals surface area contributed by atoms with E-state index < -0.39 is 5.82 Å². The largest absolute Gasteiger partial charge is 0.330 e. The lowest BCUT2D eigenvalue weighted by molar-refractivity contribution is -0.117. The smallest absolute Gasteiger partial charge is 0.238 e. The van der Waals surface area contributed by atoms with Crippen molar-refractivity contribution in [1.29, 1.82) is 0 Å². The number of halogens is 2. The lowest BCUT2D eigenvalue weighted by Crippen LogP contribution is -2.40. The molecule has 1 aliphatic rings. The number of hydrogen-bond acceptors (Lipinski definition) is 3. The lowest BCUT2D eigenvalue weighted by Gasteiger charge is -2.30. The Balaban J connectivity index is 0.00000200. The number of carbonyl (C=O) groups excluding carboxylic acids is 1. The molecule has 0 spiro atoms. The molecule has 0 bridgehead atoms. The molecule has 1 amide bonds. The summed E-state index contributed by atoms with van der Waals surface area (Å²) in [5.74, 6) is -0.000123. The Labute approximate surface area is 124 Å². The van der Waals surface area contributed by atoms with E-state index in [4.69, 9.17) is 5.73 Å². The van der Waals surface area contributed by atoms with Crippen molar-refractivity contribution in [2.75, 3.05) is 31.5 Å². The number of rotatable bonds is 4. The molecule has 20 heavy (non-hydrogen) atoms. The summed E-state index contributed by atoms with van der Waals surface area (Å²) >= 11 is 0. The molecule has 1 aliphatic heterocycles. The van der Waals surface area contributed by atoms with E-state index in [2.05, 4.69) is 10.2 Å². The Kier molecular flexibility index (Phi) is 6.91. The number of carbonyl (C=O) groups is 1. The summed E-state index contributed by atoms with van der Waals surface area (Å²) in [6.07, 6.45) is 2.06. The maximum absolute atomic E-state index is 13.4. The molecule has 2 rings (SSSR count). The first-order valence-electron chi connectivity index (χ1n) is 6.66. The van der Waals surface area contributed by atoms with Crippen LogP contribution in [0.4, 0.5) is 10.1 Å². The van der Waals surface area contributed by atoms with Crippen LogP contribution in [-0.4, -0.2) is 37.0 Å². The van der Waals surface area contributed by atoms with Crippen molar-refractivity contribution >= 4 is 24.0 Å². The highest BCUT2D eigenvalue weighted by molar-refractivity contribution is 5.92. The highest BCUT2D eigenvalue weighted by atomic mass is 35.5. The number of hydrogen-bond donors (Lipinski definition) is 2. The van der Waals surface area contributed by atoms with Crippen molar-refractivity contribution in [2.24, 2.45) is 11.7 Å². The first kappa shape index (κ1) is 16.9. The van der Waals surface area contributed by atoms with Crippen LogP contribution in [-0.2, 0) is 4.79 Å². The van der Waals surface area contributed by atoms with Gasteiger partial charge in [-0.2, -0.15) is 0 Å². The minimum absolute atomic E-state index is 0. The van der Waals surface area contributed by atoms with Gasteiger partial charge in [-0.1, -0.05) is 12.1 Å². The van der Waals surface area contributed by atoms with Crippen LogP contribution >= 0.6 is 12.4 Å². The van der Waals surface area contributed by atoms with Crippen molar-refractivity contribution in [3.63, 3.8) is 0 Å². The number of likely N-dealkylation sites (tertiary alicyclic amines) is 1. The number of anilines is 1. The number of piperidine rings is 1. The van der Waals surface area contributed by atoms with Gasteiger partial charge in [0, 0.05) is 0 Å². The van der Waals surface area contributed by atoms with Crippen LogP contribution in [0.3, 0.4) is 0 Å². The lowest BCUT2D eigenvalue weighted by atomic mass is 9.97. The van der Waals surface area contributed by atoms with Gasteiger partial charge in [0.2, 0.25) is 5.91 Å². The predicted octanol–water partition coefficient (Wildman–Crippen LogP) is 1.86. The first-order valence-corrected chi connectivity index (χ1v) is 6.66. The average Bonchev–Trinajstić information content (AvgIpc) is 2.42. The highest BCUT2D eigenvalue weighted by Gasteiger charge is 2.20. The van der Waals surface area contributed by atoms with Gasteiger partial charge in [0.05, 0.1) is 12.2 Å². The summed E-state index contributed by atoms with van der Waals surface area (Å²) in [4.78, 5) is 13.9. The Bertz CT molecular complexity index is 436. The van der Waals surface area contributed by atoms with E-state index in [1.54, 1.807) is 18.2 Å². The van der Waals surface area contributed by atoms with Crippen LogP contribution in [0.5, 0.6) is 0 Å². The molecule has 1 aromatic rings. The summed E-state index contributed by atoms with van der Waals surface area (Å²) in [5.41, 5.74) is 5.87. The highest BCUT2D eigenvalue weighted by Crippen LogP contribution is 2.16. The van der Waals surface area contributed by atoms with Gasteiger partial charge in [0.25, 0.3) is 0 Å². The molecule has 0 unspecified atom stereocenters. The van der Waals surface area contributed by atoms with Crippen LogP contribution in [0.1, 0.15) is 12.8 Å². The molecule has 1 fully saturated rings. The second kappa shape index (κ2) is 8.19. The number of para-hydroxylation sites is 1. The first-order chi connectivity index (χ1) is 9.19. The number of nitrogens with one attached hydrogen (secondary N) is 1. The zero-order valence-corrected chi connectivity index (χ0v) is 12.2. The van der Waals surface area contributed by atoms with E-state index in [1.165, 1.54) is 6.07 Å². The van der Waals surface area contributed by atoms with Gasteiger partial charge in [-0.25, -0.2) is 4.39 Å². The minimum atomic E-state index is -0.405. The second-order valence-corrected chi connectivity index (χ2v) is 4.98. The van der Waals surface area contributed by atoms with Crippen LogP contribution in [0.2, 0.25) is 0 Å². The van der Waals surface area contributed by atoms with Crippen LogP contribution in [0, 0.1) is 11.7 Å². The summed E-state index contributed by atoms with van der Waals surface area (Å²) in [6.45, 7) is 2.79. The molecule has 3 N–H and O–H groups in total. The van der Waals surface area contributed by atoms with Crippen molar-refractivity contribution in [3.05, 3.63) is 30.1 Å². The molecule has 0 atom stereocenters. The third-order valence-electron chi connectivity index (χ3n) is 3.56. The third kappa shape index (κ3) is 4.74. The Morgan fingerprint density at radius 2 is 2.00 bits per heavy atom.